The molecule has 0 radical (unpaired) electrons. The molecule has 1 aliphatic rings. The number of aromatic nitrogens is 1. The van der Waals surface area contributed by atoms with Crippen LogP contribution in [0.1, 0.15) is 18.9 Å². The van der Waals surface area contributed by atoms with Gasteiger partial charge in [0, 0.05) is 25.3 Å². The molecule has 1 fully saturated rings. The van der Waals surface area contributed by atoms with Gasteiger partial charge < -0.3 is 10.5 Å². The first-order valence-electron chi connectivity index (χ1n) is 6.34. The summed E-state index contributed by atoms with van der Waals surface area (Å²) in [5, 5.41) is 0.0741. The van der Waals surface area contributed by atoms with Crippen molar-refractivity contribution in [2.24, 2.45) is 5.73 Å². The zero-order valence-corrected chi connectivity index (χ0v) is 11.8. The van der Waals surface area contributed by atoms with Crippen LogP contribution >= 0.6 is 0 Å². The van der Waals surface area contributed by atoms with Crippen molar-refractivity contribution >= 4 is 10.0 Å². The van der Waals surface area contributed by atoms with Crippen LogP contribution in [0.15, 0.2) is 23.4 Å². The molecule has 0 spiro atoms. The zero-order valence-electron chi connectivity index (χ0n) is 10.9. The Balaban J connectivity index is 2.29. The van der Waals surface area contributed by atoms with Crippen molar-refractivity contribution in [3.63, 3.8) is 0 Å². The summed E-state index contributed by atoms with van der Waals surface area (Å²) in [6, 6.07) is 3.09. The Morgan fingerprint density at radius 3 is 2.89 bits per heavy atom. The monoisotopic (exact) mass is 285 g/mol. The molecule has 0 amide bonds. The number of hydrogen-bond donors (Lipinski definition) is 1. The van der Waals surface area contributed by atoms with Crippen molar-refractivity contribution in [3.8, 4) is 0 Å². The lowest BCUT2D eigenvalue weighted by Gasteiger charge is -2.33. The Kier molecular flexibility index (Phi) is 4.51. The molecule has 2 N–H and O–H groups in total. The number of rotatable bonds is 4. The quantitative estimate of drug-likeness (QED) is 0.862. The second kappa shape index (κ2) is 5.96. The molecule has 1 unspecified atom stereocenters. The van der Waals surface area contributed by atoms with Gasteiger partial charge in [0.15, 0.2) is 5.03 Å². The number of pyridine rings is 1. The molecule has 0 aliphatic carbocycles. The fourth-order valence-corrected chi connectivity index (χ4v) is 3.67. The van der Waals surface area contributed by atoms with E-state index in [-0.39, 0.29) is 11.1 Å². The summed E-state index contributed by atoms with van der Waals surface area (Å²) in [6.07, 6.45) is 2.23. The highest BCUT2D eigenvalue weighted by atomic mass is 32.2. The SMILES string of the molecule is CCC1COCCN1S(=O)(=O)c1ccc(CN)cn1. The maximum atomic E-state index is 12.5. The normalized spacial score (nSPS) is 21.5. The first-order chi connectivity index (χ1) is 9.09. The van der Waals surface area contributed by atoms with E-state index < -0.39 is 10.0 Å². The number of sulfonamides is 1. The van der Waals surface area contributed by atoms with Crippen LogP contribution in [0.3, 0.4) is 0 Å². The smallest absolute Gasteiger partial charge is 0.260 e. The van der Waals surface area contributed by atoms with Gasteiger partial charge in [0.05, 0.1) is 13.2 Å². The molecule has 106 valence electrons. The second-order valence-electron chi connectivity index (χ2n) is 4.46. The van der Waals surface area contributed by atoms with E-state index in [1.54, 1.807) is 6.07 Å². The van der Waals surface area contributed by atoms with Crippen molar-refractivity contribution in [2.75, 3.05) is 19.8 Å². The minimum atomic E-state index is -3.55. The third-order valence-electron chi connectivity index (χ3n) is 3.25. The van der Waals surface area contributed by atoms with E-state index in [1.807, 2.05) is 6.92 Å². The van der Waals surface area contributed by atoms with Crippen LogP contribution in [-0.2, 0) is 21.3 Å². The molecular weight excluding hydrogens is 266 g/mol. The molecule has 6 nitrogen and oxygen atoms in total. The summed E-state index contributed by atoms with van der Waals surface area (Å²) < 4.78 is 31.9. The van der Waals surface area contributed by atoms with Gasteiger partial charge in [-0.15, -0.1) is 0 Å². The van der Waals surface area contributed by atoms with Gasteiger partial charge in [0.2, 0.25) is 0 Å². The lowest BCUT2D eigenvalue weighted by Crippen LogP contribution is -2.48. The minimum absolute atomic E-state index is 0.0741. The topological polar surface area (TPSA) is 85.5 Å². The van der Waals surface area contributed by atoms with Crippen LogP contribution in [0.4, 0.5) is 0 Å². The summed E-state index contributed by atoms with van der Waals surface area (Å²) in [7, 11) is -3.55. The molecule has 7 heteroatoms. The molecule has 19 heavy (non-hydrogen) atoms. The molecule has 1 atom stereocenters. The van der Waals surface area contributed by atoms with Crippen molar-refractivity contribution in [3.05, 3.63) is 23.9 Å². The molecule has 0 saturated carbocycles. The second-order valence-corrected chi connectivity index (χ2v) is 6.30. The number of nitrogens with two attached hydrogens (primary N) is 1. The first-order valence-corrected chi connectivity index (χ1v) is 7.78. The van der Waals surface area contributed by atoms with Gasteiger partial charge in [0.25, 0.3) is 10.0 Å². The molecule has 2 heterocycles. The van der Waals surface area contributed by atoms with Crippen molar-refractivity contribution in [1.82, 2.24) is 9.29 Å². The molecule has 1 saturated heterocycles. The number of ether oxygens (including phenoxy) is 1. The summed E-state index contributed by atoms with van der Waals surface area (Å²) in [6.45, 7) is 3.55. The standard InChI is InChI=1S/C12H19N3O3S/c1-2-11-9-18-6-5-15(11)19(16,17)12-4-3-10(7-13)8-14-12/h3-4,8,11H,2,5-7,9,13H2,1H3. The highest BCUT2D eigenvalue weighted by Crippen LogP contribution is 2.20. The van der Waals surface area contributed by atoms with E-state index in [0.717, 1.165) is 12.0 Å². The number of hydrogen-bond acceptors (Lipinski definition) is 5. The van der Waals surface area contributed by atoms with E-state index in [1.165, 1.54) is 16.6 Å². The maximum Gasteiger partial charge on any atom is 0.260 e. The summed E-state index contributed by atoms with van der Waals surface area (Å²) in [4.78, 5) is 4.01. The van der Waals surface area contributed by atoms with E-state index in [2.05, 4.69) is 4.98 Å². The van der Waals surface area contributed by atoms with Crippen LogP contribution in [0, 0.1) is 0 Å². The highest BCUT2D eigenvalue weighted by molar-refractivity contribution is 7.89. The Labute approximate surface area is 113 Å². The largest absolute Gasteiger partial charge is 0.378 e. The number of morpholine rings is 1. The molecule has 0 bridgehead atoms. The number of nitrogens with zero attached hydrogens (tertiary/aromatic N) is 2. The molecule has 2 rings (SSSR count). The van der Waals surface area contributed by atoms with E-state index in [9.17, 15) is 8.42 Å². The van der Waals surface area contributed by atoms with Crippen molar-refractivity contribution < 1.29 is 13.2 Å². The summed E-state index contributed by atoms with van der Waals surface area (Å²) >= 11 is 0. The van der Waals surface area contributed by atoms with Crippen LogP contribution in [-0.4, -0.2) is 43.5 Å². The van der Waals surface area contributed by atoms with Crippen molar-refractivity contribution in [1.29, 1.82) is 0 Å². The average molecular weight is 285 g/mol. The molecule has 0 aromatic carbocycles. The predicted molar refractivity (Wildman–Crippen MR) is 70.9 cm³/mol. The van der Waals surface area contributed by atoms with Crippen LogP contribution < -0.4 is 5.73 Å². The minimum Gasteiger partial charge on any atom is -0.378 e. The first kappa shape index (κ1) is 14.4. The Morgan fingerprint density at radius 2 is 2.32 bits per heavy atom. The van der Waals surface area contributed by atoms with Gasteiger partial charge >= 0.3 is 0 Å². The van der Waals surface area contributed by atoms with Crippen LogP contribution in [0.25, 0.3) is 0 Å². The molecule has 1 aliphatic heterocycles. The Hall–Kier alpha value is -1.02. The Bertz CT molecular complexity index is 516. The van der Waals surface area contributed by atoms with Crippen LogP contribution in [0.2, 0.25) is 0 Å². The maximum absolute atomic E-state index is 12.5. The molecule has 1 aromatic heterocycles. The Morgan fingerprint density at radius 1 is 1.53 bits per heavy atom. The lowest BCUT2D eigenvalue weighted by atomic mass is 10.2. The lowest BCUT2D eigenvalue weighted by molar-refractivity contribution is 0.0313. The fourth-order valence-electron chi connectivity index (χ4n) is 2.08. The van der Waals surface area contributed by atoms with Gasteiger partial charge in [-0.25, -0.2) is 13.4 Å². The van der Waals surface area contributed by atoms with E-state index in [0.29, 0.717) is 26.3 Å². The van der Waals surface area contributed by atoms with E-state index in [4.69, 9.17) is 10.5 Å². The fraction of sp³-hybridized carbons (Fsp3) is 0.583. The zero-order chi connectivity index (χ0) is 13.9. The third kappa shape index (κ3) is 2.94. The molecule has 1 aromatic rings. The van der Waals surface area contributed by atoms with Crippen molar-refractivity contribution in [2.45, 2.75) is 31.0 Å². The average Bonchev–Trinajstić information content (AvgIpc) is 2.47. The summed E-state index contributed by atoms with van der Waals surface area (Å²) in [5.41, 5.74) is 6.29. The van der Waals surface area contributed by atoms with Gasteiger partial charge in [-0.05, 0) is 18.1 Å². The molecular formula is C12H19N3O3S. The van der Waals surface area contributed by atoms with Gasteiger partial charge in [-0.2, -0.15) is 4.31 Å². The van der Waals surface area contributed by atoms with Crippen LogP contribution in [0.5, 0.6) is 0 Å². The van der Waals surface area contributed by atoms with Gasteiger partial charge in [0.1, 0.15) is 0 Å². The predicted octanol–water partition coefficient (Wildman–Crippen LogP) is 0.340. The summed E-state index contributed by atoms with van der Waals surface area (Å²) in [5.74, 6) is 0. The van der Waals surface area contributed by atoms with E-state index >= 15 is 0 Å². The van der Waals surface area contributed by atoms with Gasteiger partial charge in [-0.1, -0.05) is 13.0 Å². The third-order valence-corrected chi connectivity index (χ3v) is 5.12. The highest BCUT2D eigenvalue weighted by Gasteiger charge is 2.33. The van der Waals surface area contributed by atoms with Gasteiger partial charge in [-0.3, -0.25) is 0 Å².